The molecule has 7 heteroatoms. The van der Waals surface area contributed by atoms with Gasteiger partial charge in [0.05, 0.1) is 12.2 Å². The van der Waals surface area contributed by atoms with Crippen LogP contribution in [0.15, 0.2) is 18.2 Å². The molecule has 2 rings (SSSR count). The number of amides is 2. The standard InChI is InChI=1S/C14H16ClN3O2S/c1-7(2)18(6-11(16)19)14(20)13-12(17)9-4-3-8(15)5-10(9)21-13/h3-5,7H,6,17H2,1-2H3,(H2,16,19). The van der Waals surface area contributed by atoms with Gasteiger partial charge in [0.2, 0.25) is 5.91 Å². The number of primary amides is 1. The number of fused-ring (bicyclic) bond motifs is 1. The van der Waals surface area contributed by atoms with Crippen LogP contribution in [0, 0.1) is 0 Å². The van der Waals surface area contributed by atoms with E-state index < -0.39 is 5.91 Å². The molecule has 1 aromatic heterocycles. The maximum absolute atomic E-state index is 12.6. The van der Waals surface area contributed by atoms with Gasteiger partial charge in [-0.15, -0.1) is 11.3 Å². The fourth-order valence-corrected chi connectivity index (χ4v) is 3.39. The first-order chi connectivity index (χ1) is 9.81. The van der Waals surface area contributed by atoms with Gasteiger partial charge < -0.3 is 16.4 Å². The largest absolute Gasteiger partial charge is 0.397 e. The van der Waals surface area contributed by atoms with Crippen molar-refractivity contribution < 1.29 is 9.59 Å². The van der Waals surface area contributed by atoms with Gasteiger partial charge in [-0.2, -0.15) is 0 Å². The molecular formula is C14H16ClN3O2S. The monoisotopic (exact) mass is 325 g/mol. The second-order valence-electron chi connectivity index (χ2n) is 4.98. The van der Waals surface area contributed by atoms with Crippen molar-refractivity contribution in [1.29, 1.82) is 0 Å². The molecule has 0 radical (unpaired) electrons. The second-order valence-corrected chi connectivity index (χ2v) is 6.47. The highest BCUT2D eigenvalue weighted by Gasteiger charge is 2.25. The summed E-state index contributed by atoms with van der Waals surface area (Å²) in [6.45, 7) is 3.51. The van der Waals surface area contributed by atoms with Gasteiger partial charge in [0.1, 0.15) is 4.88 Å². The highest BCUT2D eigenvalue weighted by Crippen LogP contribution is 2.36. The van der Waals surface area contributed by atoms with Gasteiger partial charge in [0.25, 0.3) is 5.91 Å². The molecule has 0 aliphatic heterocycles. The number of nitrogens with two attached hydrogens (primary N) is 2. The zero-order valence-corrected chi connectivity index (χ0v) is 13.3. The molecule has 0 spiro atoms. The van der Waals surface area contributed by atoms with Crippen LogP contribution in [0.2, 0.25) is 5.02 Å². The van der Waals surface area contributed by atoms with E-state index in [2.05, 4.69) is 0 Å². The second kappa shape index (κ2) is 5.91. The molecule has 1 heterocycles. The number of nitrogens with zero attached hydrogens (tertiary/aromatic N) is 1. The van der Waals surface area contributed by atoms with Gasteiger partial charge in [0.15, 0.2) is 0 Å². The first-order valence-electron chi connectivity index (χ1n) is 6.38. The Morgan fingerprint density at radius 1 is 1.38 bits per heavy atom. The number of nitrogen functional groups attached to an aromatic ring is 1. The van der Waals surface area contributed by atoms with E-state index in [-0.39, 0.29) is 18.5 Å². The summed E-state index contributed by atoms with van der Waals surface area (Å²) in [4.78, 5) is 25.6. The van der Waals surface area contributed by atoms with Crippen molar-refractivity contribution in [3.05, 3.63) is 28.1 Å². The van der Waals surface area contributed by atoms with E-state index >= 15 is 0 Å². The van der Waals surface area contributed by atoms with Crippen molar-refractivity contribution >= 4 is 50.5 Å². The van der Waals surface area contributed by atoms with Crippen LogP contribution in [-0.2, 0) is 4.79 Å². The number of hydrogen-bond donors (Lipinski definition) is 2. The minimum Gasteiger partial charge on any atom is -0.397 e. The summed E-state index contributed by atoms with van der Waals surface area (Å²) in [5.41, 5.74) is 11.7. The van der Waals surface area contributed by atoms with E-state index in [1.807, 2.05) is 13.8 Å². The Bertz CT molecular complexity index is 712. The molecule has 0 atom stereocenters. The number of benzene rings is 1. The van der Waals surface area contributed by atoms with Gasteiger partial charge in [-0.25, -0.2) is 0 Å². The summed E-state index contributed by atoms with van der Waals surface area (Å²) in [7, 11) is 0. The summed E-state index contributed by atoms with van der Waals surface area (Å²) in [6, 6.07) is 5.12. The summed E-state index contributed by atoms with van der Waals surface area (Å²) in [5, 5.41) is 1.37. The van der Waals surface area contributed by atoms with Gasteiger partial charge in [-0.05, 0) is 32.0 Å². The Labute approximate surface area is 131 Å². The van der Waals surface area contributed by atoms with E-state index in [4.69, 9.17) is 23.1 Å². The fourth-order valence-electron chi connectivity index (χ4n) is 2.04. The van der Waals surface area contributed by atoms with Crippen LogP contribution in [0.1, 0.15) is 23.5 Å². The van der Waals surface area contributed by atoms with E-state index in [1.54, 1.807) is 18.2 Å². The molecule has 0 fully saturated rings. The zero-order valence-electron chi connectivity index (χ0n) is 11.7. The lowest BCUT2D eigenvalue weighted by atomic mass is 10.2. The lowest BCUT2D eigenvalue weighted by Gasteiger charge is -2.24. The maximum Gasteiger partial charge on any atom is 0.266 e. The lowest BCUT2D eigenvalue weighted by Crippen LogP contribution is -2.42. The Kier molecular flexibility index (Phi) is 4.39. The third kappa shape index (κ3) is 3.11. The van der Waals surface area contributed by atoms with Crippen LogP contribution < -0.4 is 11.5 Å². The molecule has 0 aliphatic carbocycles. The van der Waals surface area contributed by atoms with Crippen molar-refractivity contribution in [2.45, 2.75) is 19.9 Å². The average molecular weight is 326 g/mol. The zero-order chi connectivity index (χ0) is 15.7. The molecule has 0 unspecified atom stereocenters. The summed E-state index contributed by atoms with van der Waals surface area (Å²) in [6.07, 6.45) is 0. The molecular weight excluding hydrogens is 310 g/mol. The van der Waals surface area contributed by atoms with Crippen LogP contribution in [0.3, 0.4) is 0 Å². The van der Waals surface area contributed by atoms with Crippen LogP contribution >= 0.6 is 22.9 Å². The summed E-state index contributed by atoms with van der Waals surface area (Å²) in [5.74, 6) is -0.849. The molecule has 2 amide bonds. The molecule has 5 nitrogen and oxygen atoms in total. The number of carbonyl (C=O) groups is 2. The average Bonchev–Trinajstić information content (AvgIpc) is 2.71. The molecule has 21 heavy (non-hydrogen) atoms. The van der Waals surface area contributed by atoms with Crippen LogP contribution in [0.5, 0.6) is 0 Å². The van der Waals surface area contributed by atoms with Crippen LogP contribution in [0.25, 0.3) is 10.1 Å². The smallest absolute Gasteiger partial charge is 0.266 e. The third-order valence-corrected chi connectivity index (χ3v) is 4.49. The lowest BCUT2D eigenvalue weighted by molar-refractivity contribution is -0.119. The topological polar surface area (TPSA) is 89.4 Å². The normalized spacial score (nSPS) is 11.0. The number of thiophene rings is 1. The summed E-state index contributed by atoms with van der Waals surface area (Å²) < 4.78 is 0.839. The molecule has 1 aromatic carbocycles. The van der Waals surface area contributed by atoms with E-state index in [1.165, 1.54) is 16.2 Å². The summed E-state index contributed by atoms with van der Waals surface area (Å²) >= 11 is 7.22. The molecule has 0 saturated heterocycles. The molecule has 4 N–H and O–H groups in total. The number of rotatable bonds is 4. The number of halogens is 1. The molecule has 112 valence electrons. The first-order valence-corrected chi connectivity index (χ1v) is 7.57. The number of hydrogen-bond acceptors (Lipinski definition) is 4. The highest BCUT2D eigenvalue weighted by molar-refractivity contribution is 7.21. The minimum atomic E-state index is -0.556. The Hall–Kier alpha value is -1.79. The van der Waals surface area contributed by atoms with Gasteiger partial charge >= 0.3 is 0 Å². The molecule has 0 bridgehead atoms. The minimum absolute atomic E-state index is 0.134. The molecule has 0 saturated carbocycles. The molecule has 0 aliphatic rings. The number of carbonyl (C=O) groups excluding carboxylic acids is 2. The fraction of sp³-hybridized carbons (Fsp3) is 0.286. The van der Waals surface area contributed by atoms with Gasteiger partial charge in [-0.3, -0.25) is 9.59 Å². The number of anilines is 1. The Morgan fingerprint density at radius 2 is 2.05 bits per heavy atom. The Balaban J connectivity index is 2.46. The SMILES string of the molecule is CC(C)N(CC(N)=O)C(=O)c1sc2cc(Cl)ccc2c1N. The van der Waals surface area contributed by atoms with Crippen molar-refractivity contribution in [2.75, 3.05) is 12.3 Å². The van der Waals surface area contributed by atoms with Crippen molar-refractivity contribution in [1.82, 2.24) is 4.90 Å². The predicted molar refractivity (Wildman–Crippen MR) is 86.6 cm³/mol. The third-order valence-electron chi connectivity index (χ3n) is 3.10. The molecule has 2 aromatic rings. The van der Waals surface area contributed by atoms with Crippen LogP contribution in [-0.4, -0.2) is 29.3 Å². The highest BCUT2D eigenvalue weighted by atomic mass is 35.5. The van der Waals surface area contributed by atoms with Gasteiger partial charge in [0, 0.05) is 21.2 Å². The van der Waals surface area contributed by atoms with E-state index in [0.717, 1.165) is 10.1 Å². The van der Waals surface area contributed by atoms with E-state index in [9.17, 15) is 9.59 Å². The quantitative estimate of drug-likeness (QED) is 0.904. The van der Waals surface area contributed by atoms with Crippen molar-refractivity contribution in [2.24, 2.45) is 5.73 Å². The predicted octanol–water partition coefficient (Wildman–Crippen LogP) is 2.47. The van der Waals surface area contributed by atoms with Crippen LogP contribution in [0.4, 0.5) is 5.69 Å². The maximum atomic E-state index is 12.6. The van der Waals surface area contributed by atoms with Gasteiger partial charge in [-0.1, -0.05) is 11.6 Å². The van der Waals surface area contributed by atoms with E-state index in [0.29, 0.717) is 15.6 Å². The van der Waals surface area contributed by atoms with Crippen molar-refractivity contribution in [3.63, 3.8) is 0 Å². The Morgan fingerprint density at radius 3 is 2.62 bits per heavy atom. The first kappa shape index (κ1) is 15.6. The van der Waals surface area contributed by atoms with Crippen molar-refractivity contribution in [3.8, 4) is 0 Å².